The maximum atomic E-state index is 13.6. The number of hydrogen-bond acceptors (Lipinski definition) is 4. The summed E-state index contributed by atoms with van der Waals surface area (Å²) in [6.07, 6.45) is 2.30. The van der Waals surface area contributed by atoms with Gasteiger partial charge in [-0.15, -0.1) is 0 Å². The zero-order chi connectivity index (χ0) is 16.7. The smallest absolute Gasteiger partial charge is 0.303 e. The fourth-order valence-corrected chi connectivity index (χ4v) is 1.99. The molecule has 1 amide bonds. The SMILES string of the molecule is O=C(O)CCCNC(=O)CCc1ncc(-c2ccccc2F)o1. The second kappa shape index (κ2) is 8.07. The third-order valence-corrected chi connectivity index (χ3v) is 3.15. The largest absolute Gasteiger partial charge is 0.481 e. The molecule has 0 bridgehead atoms. The molecule has 7 heteroatoms. The average molecular weight is 320 g/mol. The summed E-state index contributed by atoms with van der Waals surface area (Å²) in [5.74, 6) is -0.823. The molecule has 0 aliphatic heterocycles. The summed E-state index contributed by atoms with van der Waals surface area (Å²) in [6, 6.07) is 6.22. The molecule has 0 fully saturated rings. The second-order valence-corrected chi connectivity index (χ2v) is 4.95. The van der Waals surface area contributed by atoms with Crippen LogP contribution in [0.3, 0.4) is 0 Å². The first-order valence-electron chi connectivity index (χ1n) is 7.24. The topological polar surface area (TPSA) is 92.4 Å². The number of rotatable bonds is 8. The van der Waals surface area contributed by atoms with Crippen LogP contribution in [0.2, 0.25) is 0 Å². The average Bonchev–Trinajstić information content (AvgIpc) is 2.98. The molecule has 1 aromatic heterocycles. The highest BCUT2D eigenvalue weighted by molar-refractivity contribution is 5.76. The zero-order valence-corrected chi connectivity index (χ0v) is 12.4. The number of nitrogens with one attached hydrogen (secondary N) is 1. The molecule has 0 saturated heterocycles. The maximum Gasteiger partial charge on any atom is 0.303 e. The van der Waals surface area contributed by atoms with E-state index >= 15 is 0 Å². The summed E-state index contributed by atoms with van der Waals surface area (Å²) in [4.78, 5) is 26.0. The van der Waals surface area contributed by atoms with E-state index in [4.69, 9.17) is 9.52 Å². The lowest BCUT2D eigenvalue weighted by Crippen LogP contribution is -2.25. The number of nitrogens with zero attached hydrogens (tertiary/aromatic N) is 1. The van der Waals surface area contributed by atoms with Gasteiger partial charge >= 0.3 is 5.97 Å². The number of carboxylic acid groups (broad SMARTS) is 1. The Bertz CT molecular complexity index is 684. The van der Waals surface area contributed by atoms with Crippen LogP contribution in [0.5, 0.6) is 0 Å². The summed E-state index contributed by atoms with van der Waals surface area (Å²) < 4.78 is 19.1. The van der Waals surface area contributed by atoms with E-state index in [1.165, 1.54) is 12.3 Å². The zero-order valence-electron chi connectivity index (χ0n) is 12.4. The number of aromatic nitrogens is 1. The predicted octanol–water partition coefficient (Wildman–Crippen LogP) is 2.39. The van der Waals surface area contributed by atoms with Crippen LogP contribution in [0, 0.1) is 5.82 Å². The lowest BCUT2D eigenvalue weighted by Gasteiger charge is -2.02. The fourth-order valence-electron chi connectivity index (χ4n) is 1.99. The first-order valence-corrected chi connectivity index (χ1v) is 7.24. The number of benzene rings is 1. The van der Waals surface area contributed by atoms with Crippen LogP contribution in [-0.2, 0) is 16.0 Å². The van der Waals surface area contributed by atoms with E-state index in [1.54, 1.807) is 18.2 Å². The number of carbonyl (C=O) groups is 2. The van der Waals surface area contributed by atoms with Gasteiger partial charge in [-0.05, 0) is 18.6 Å². The molecule has 1 aromatic carbocycles. The Morgan fingerprint density at radius 1 is 1.26 bits per heavy atom. The molecule has 0 radical (unpaired) electrons. The van der Waals surface area contributed by atoms with Crippen molar-refractivity contribution in [3.05, 3.63) is 42.2 Å². The molecule has 0 atom stereocenters. The molecular formula is C16H17FN2O4. The summed E-state index contributed by atoms with van der Waals surface area (Å²) >= 11 is 0. The van der Waals surface area contributed by atoms with Gasteiger partial charge in [0, 0.05) is 25.8 Å². The van der Waals surface area contributed by atoms with Gasteiger partial charge in [0.2, 0.25) is 5.91 Å². The van der Waals surface area contributed by atoms with Crippen molar-refractivity contribution in [2.75, 3.05) is 6.54 Å². The Labute approximate surface area is 132 Å². The Morgan fingerprint density at radius 3 is 2.78 bits per heavy atom. The number of hydrogen-bond donors (Lipinski definition) is 2. The molecule has 0 spiro atoms. The summed E-state index contributed by atoms with van der Waals surface area (Å²) in [5.41, 5.74) is 0.323. The van der Waals surface area contributed by atoms with Gasteiger partial charge in [0.15, 0.2) is 11.7 Å². The Morgan fingerprint density at radius 2 is 2.04 bits per heavy atom. The molecule has 2 rings (SSSR count). The van der Waals surface area contributed by atoms with E-state index in [0.717, 1.165) is 0 Å². The van der Waals surface area contributed by atoms with Crippen molar-refractivity contribution in [2.45, 2.75) is 25.7 Å². The van der Waals surface area contributed by atoms with Gasteiger partial charge in [-0.1, -0.05) is 12.1 Å². The quantitative estimate of drug-likeness (QED) is 0.729. The normalized spacial score (nSPS) is 10.5. The van der Waals surface area contributed by atoms with Crippen molar-refractivity contribution in [1.82, 2.24) is 10.3 Å². The van der Waals surface area contributed by atoms with Crippen molar-refractivity contribution in [2.24, 2.45) is 0 Å². The Hall–Kier alpha value is -2.70. The first kappa shape index (κ1) is 16.7. The standard InChI is InChI=1S/C16H17FN2O4/c17-12-5-2-1-4-11(12)13-10-19-15(23-13)8-7-14(20)18-9-3-6-16(21)22/h1-2,4-5,10H,3,6-9H2,(H,18,20)(H,21,22). The van der Waals surface area contributed by atoms with Crippen LogP contribution in [0.25, 0.3) is 11.3 Å². The van der Waals surface area contributed by atoms with Crippen LogP contribution in [-0.4, -0.2) is 28.5 Å². The number of aliphatic carboxylic acids is 1. The number of oxazole rings is 1. The van der Waals surface area contributed by atoms with Crippen LogP contribution in [0.4, 0.5) is 4.39 Å². The molecule has 122 valence electrons. The molecule has 0 aliphatic rings. The minimum absolute atomic E-state index is 0.0199. The molecule has 23 heavy (non-hydrogen) atoms. The number of aryl methyl sites for hydroxylation is 1. The highest BCUT2D eigenvalue weighted by Gasteiger charge is 2.11. The van der Waals surface area contributed by atoms with Crippen LogP contribution < -0.4 is 5.32 Å². The van der Waals surface area contributed by atoms with Gasteiger partial charge in [-0.2, -0.15) is 0 Å². The van der Waals surface area contributed by atoms with Crippen LogP contribution >= 0.6 is 0 Å². The van der Waals surface area contributed by atoms with Crippen molar-refractivity contribution >= 4 is 11.9 Å². The van der Waals surface area contributed by atoms with Crippen molar-refractivity contribution in [1.29, 1.82) is 0 Å². The third kappa shape index (κ3) is 5.21. The number of halogens is 1. The molecule has 1 heterocycles. The highest BCUT2D eigenvalue weighted by atomic mass is 19.1. The van der Waals surface area contributed by atoms with Crippen LogP contribution in [0.15, 0.2) is 34.9 Å². The molecule has 0 saturated carbocycles. The molecule has 2 N–H and O–H groups in total. The van der Waals surface area contributed by atoms with Crippen LogP contribution in [0.1, 0.15) is 25.2 Å². The van der Waals surface area contributed by atoms with Gasteiger partial charge in [0.05, 0.1) is 11.8 Å². The number of carbonyl (C=O) groups excluding carboxylic acids is 1. The van der Waals surface area contributed by atoms with Crippen molar-refractivity contribution in [3.63, 3.8) is 0 Å². The summed E-state index contributed by atoms with van der Waals surface area (Å²) in [7, 11) is 0. The van der Waals surface area contributed by atoms with Gasteiger partial charge in [0.25, 0.3) is 0 Å². The fraction of sp³-hybridized carbons (Fsp3) is 0.312. The van der Waals surface area contributed by atoms with Gasteiger partial charge < -0.3 is 14.8 Å². The second-order valence-electron chi connectivity index (χ2n) is 4.95. The molecular weight excluding hydrogens is 303 g/mol. The lowest BCUT2D eigenvalue weighted by atomic mass is 10.2. The minimum Gasteiger partial charge on any atom is -0.481 e. The summed E-state index contributed by atoms with van der Waals surface area (Å²) in [6.45, 7) is 0.317. The number of amides is 1. The summed E-state index contributed by atoms with van der Waals surface area (Å²) in [5, 5.41) is 11.1. The van der Waals surface area contributed by atoms with E-state index < -0.39 is 11.8 Å². The van der Waals surface area contributed by atoms with Gasteiger partial charge in [-0.25, -0.2) is 9.37 Å². The van der Waals surface area contributed by atoms with Crippen molar-refractivity contribution < 1.29 is 23.5 Å². The molecule has 6 nitrogen and oxygen atoms in total. The minimum atomic E-state index is -0.889. The number of carboxylic acids is 1. The maximum absolute atomic E-state index is 13.6. The van der Waals surface area contributed by atoms with E-state index in [9.17, 15) is 14.0 Å². The van der Waals surface area contributed by atoms with Crippen molar-refractivity contribution in [3.8, 4) is 11.3 Å². The predicted molar refractivity (Wildman–Crippen MR) is 80.1 cm³/mol. The third-order valence-electron chi connectivity index (χ3n) is 3.15. The Balaban J connectivity index is 1.80. The van der Waals surface area contributed by atoms with Gasteiger partial charge in [-0.3, -0.25) is 9.59 Å². The van der Waals surface area contributed by atoms with E-state index in [1.807, 2.05) is 0 Å². The van der Waals surface area contributed by atoms with E-state index in [0.29, 0.717) is 36.6 Å². The monoisotopic (exact) mass is 320 g/mol. The first-order chi connectivity index (χ1) is 11.1. The molecule has 0 aliphatic carbocycles. The highest BCUT2D eigenvalue weighted by Crippen LogP contribution is 2.23. The molecule has 0 unspecified atom stereocenters. The van der Waals surface area contributed by atoms with E-state index in [2.05, 4.69) is 10.3 Å². The lowest BCUT2D eigenvalue weighted by molar-refractivity contribution is -0.137. The van der Waals surface area contributed by atoms with E-state index in [-0.39, 0.29) is 18.7 Å². The molecule has 2 aromatic rings. The van der Waals surface area contributed by atoms with Gasteiger partial charge in [0.1, 0.15) is 5.82 Å². The Kier molecular flexibility index (Phi) is 5.85.